The number of hydrogen-bond acceptors (Lipinski definition) is 4. The monoisotopic (exact) mass is 427 g/mol. The predicted molar refractivity (Wildman–Crippen MR) is 103 cm³/mol. The summed E-state index contributed by atoms with van der Waals surface area (Å²) in [5, 5.41) is 5.56. The Morgan fingerprint density at radius 2 is 2.00 bits per heavy atom. The van der Waals surface area contributed by atoms with Crippen molar-refractivity contribution in [3.63, 3.8) is 0 Å². The van der Waals surface area contributed by atoms with Gasteiger partial charge in [-0.2, -0.15) is 4.31 Å². The molecule has 2 N–H and O–H groups in total. The van der Waals surface area contributed by atoms with Crippen molar-refractivity contribution in [3.05, 3.63) is 23.0 Å². The van der Waals surface area contributed by atoms with Crippen LogP contribution < -0.4 is 10.6 Å². The molecule has 1 fully saturated rings. The van der Waals surface area contributed by atoms with Gasteiger partial charge in [0.1, 0.15) is 10.7 Å². The van der Waals surface area contributed by atoms with E-state index in [1.807, 2.05) is 6.92 Å². The molecule has 0 bridgehead atoms. The summed E-state index contributed by atoms with van der Waals surface area (Å²) in [6, 6.07) is 1.85. The van der Waals surface area contributed by atoms with E-state index in [0.29, 0.717) is 25.8 Å². The molecule has 26 heavy (non-hydrogen) atoms. The Kier molecular flexibility index (Phi) is 8.75. The Morgan fingerprint density at radius 3 is 2.54 bits per heavy atom. The van der Waals surface area contributed by atoms with E-state index in [0.717, 1.165) is 25.2 Å². The minimum absolute atomic E-state index is 0. The first kappa shape index (κ1) is 23.1. The molecule has 0 unspecified atom stereocenters. The first-order valence-corrected chi connectivity index (χ1v) is 10.1. The molecule has 0 aliphatic carbocycles. The fourth-order valence-corrected chi connectivity index (χ4v) is 5.08. The molecular formula is C16H24Cl2FN3O3S. The van der Waals surface area contributed by atoms with Crippen molar-refractivity contribution in [2.45, 2.75) is 44.0 Å². The predicted octanol–water partition coefficient (Wildman–Crippen LogP) is 3.01. The van der Waals surface area contributed by atoms with Crippen LogP contribution in [0.25, 0.3) is 0 Å². The summed E-state index contributed by atoms with van der Waals surface area (Å²) in [5.74, 6) is -1.34. The molecular weight excluding hydrogens is 404 g/mol. The van der Waals surface area contributed by atoms with Crippen LogP contribution in [0.3, 0.4) is 0 Å². The van der Waals surface area contributed by atoms with Crippen molar-refractivity contribution >= 4 is 45.6 Å². The topological polar surface area (TPSA) is 78.5 Å². The zero-order valence-electron chi connectivity index (χ0n) is 14.7. The van der Waals surface area contributed by atoms with Gasteiger partial charge in [0.05, 0.1) is 10.7 Å². The number of halogens is 3. The van der Waals surface area contributed by atoms with Gasteiger partial charge in [-0.3, -0.25) is 4.79 Å². The second-order valence-electron chi connectivity index (χ2n) is 6.04. The SMILES string of the molecule is CCCN(C1CCNCC1)S(=O)(=O)c1cc(Cl)c(NC(C)=O)cc1F.Cl. The lowest BCUT2D eigenvalue weighted by Gasteiger charge is -2.33. The molecule has 0 radical (unpaired) electrons. The molecule has 1 aromatic carbocycles. The van der Waals surface area contributed by atoms with Gasteiger partial charge in [-0.05, 0) is 38.4 Å². The molecule has 1 amide bonds. The second-order valence-corrected chi connectivity index (χ2v) is 8.31. The Hall–Kier alpha value is -0.930. The van der Waals surface area contributed by atoms with E-state index in [1.54, 1.807) is 0 Å². The maximum atomic E-state index is 14.5. The standard InChI is InChI=1S/C16H23ClFN3O3S.ClH/c1-3-8-21(12-4-6-19-7-5-12)25(23,24)16-9-13(17)15(10-14(16)18)20-11(2)22;/h9-10,12,19H,3-8H2,1-2H3,(H,20,22);1H. The van der Waals surface area contributed by atoms with Gasteiger partial charge < -0.3 is 10.6 Å². The van der Waals surface area contributed by atoms with Gasteiger partial charge >= 0.3 is 0 Å². The van der Waals surface area contributed by atoms with Crippen LogP contribution in [0.1, 0.15) is 33.1 Å². The average molecular weight is 428 g/mol. The third kappa shape index (κ3) is 5.29. The largest absolute Gasteiger partial charge is 0.325 e. The van der Waals surface area contributed by atoms with Gasteiger partial charge in [0.25, 0.3) is 0 Å². The second kappa shape index (κ2) is 9.85. The summed E-state index contributed by atoms with van der Waals surface area (Å²) < 4.78 is 42.0. The molecule has 2 rings (SSSR count). The molecule has 1 aromatic rings. The van der Waals surface area contributed by atoms with Gasteiger partial charge in [-0.25, -0.2) is 12.8 Å². The molecule has 1 aliphatic heterocycles. The number of carbonyl (C=O) groups is 1. The summed E-state index contributed by atoms with van der Waals surface area (Å²) in [6.45, 7) is 4.92. The van der Waals surface area contributed by atoms with E-state index in [2.05, 4.69) is 10.6 Å². The van der Waals surface area contributed by atoms with Crippen molar-refractivity contribution in [2.24, 2.45) is 0 Å². The van der Waals surface area contributed by atoms with Crippen LogP contribution in [0.5, 0.6) is 0 Å². The molecule has 148 valence electrons. The molecule has 1 aliphatic rings. The normalized spacial score (nSPS) is 15.6. The van der Waals surface area contributed by atoms with Crippen molar-refractivity contribution in [3.8, 4) is 0 Å². The molecule has 0 aromatic heterocycles. The van der Waals surface area contributed by atoms with E-state index in [4.69, 9.17) is 11.6 Å². The lowest BCUT2D eigenvalue weighted by atomic mass is 10.1. The zero-order valence-corrected chi connectivity index (χ0v) is 17.1. The number of carbonyl (C=O) groups excluding carboxylic acids is 1. The summed E-state index contributed by atoms with van der Waals surface area (Å²) in [6.07, 6.45) is 1.99. The molecule has 10 heteroatoms. The summed E-state index contributed by atoms with van der Waals surface area (Å²) in [5.41, 5.74) is 0.0505. The lowest BCUT2D eigenvalue weighted by Crippen LogP contribution is -2.46. The molecule has 6 nitrogen and oxygen atoms in total. The number of rotatable bonds is 6. The summed E-state index contributed by atoms with van der Waals surface area (Å²) in [7, 11) is -4.03. The van der Waals surface area contributed by atoms with Gasteiger partial charge in [0.2, 0.25) is 15.9 Å². The highest BCUT2D eigenvalue weighted by atomic mass is 35.5. The van der Waals surface area contributed by atoms with Gasteiger partial charge in [0, 0.05) is 25.6 Å². The fraction of sp³-hybridized carbons (Fsp3) is 0.562. The highest BCUT2D eigenvalue weighted by molar-refractivity contribution is 7.89. The minimum Gasteiger partial charge on any atom is -0.325 e. The highest BCUT2D eigenvalue weighted by Gasteiger charge is 2.34. The van der Waals surface area contributed by atoms with Crippen molar-refractivity contribution in [1.29, 1.82) is 0 Å². The number of nitrogens with one attached hydrogen (secondary N) is 2. The number of amides is 1. The molecule has 1 heterocycles. The van der Waals surface area contributed by atoms with Gasteiger partial charge in [-0.15, -0.1) is 12.4 Å². The quantitative estimate of drug-likeness (QED) is 0.730. The fourth-order valence-electron chi connectivity index (χ4n) is 2.95. The van der Waals surface area contributed by atoms with Crippen LogP contribution in [0, 0.1) is 5.82 Å². The molecule has 0 saturated carbocycles. The number of anilines is 1. The van der Waals surface area contributed by atoms with Crippen LogP contribution in [0.15, 0.2) is 17.0 Å². The molecule has 0 atom stereocenters. The highest BCUT2D eigenvalue weighted by Crippen LogP contribution is 2.31. The summed E-state index contributed by atoms with van der Waals surface area (Å²) >= 11 is 6.04. The van der Waals surface area contributed by atoms with Crippen LogP contribution in [-0.2, 0) is 14.8 Å². The van der Waals surface area contributed by atoms with E-state index in [9.17, 15) is 17.6 Å². The van der Waals surface area contributed by atoms with E-state index >= 15 is 0 Å². The van der Waals surface area contributed by atoms with E-state index in [1.165, 1.54) is 11.2 Å². The smallest absolute Gasteiger partial charge is 0.246 e. The van der Waals surface area contributed by atoms with Crippen molar-refractivity contribution in [1.82, 2.24) is 9.62 Å². The molecule has 1 saturated heterocycles. The van der Waals surface area contributed by atoms with E-state index < -0.39 is 26.6 Å². The summed E-state index contributed by atoms with van der Waals surface area (Å²) in [4.78, 5) is 10.7. The third-order valence-corrected chi connectivity index (χ3v) is 6.36. The Balaban J connectivity index is 0.00000338. The van der Waals surface area contributed by atoms with Crippen molar-refractivity contribution in [2.75, 3.05) is 25.0 Å². The maximum absolute atomic E-state index is 14.5. The van der Waals surface area contributed by atoms with Crippen LogP contribution >= 0.6 is 24.0 Å². The lowest BCUT2D eigenvalue weighted by molar-refractivity contribution is -0.114. The van der Waals surface area contributed by atoms with Crippen molar-refractivity contribution < 1.29 is 17.6 Å². The van der Waals surface area contributed by atoms with Crippen LogP contribution in [0.4, 0.5) is 10.1 Å². The number of sulfonamides is 1. The first-order valence-electron chi connectivity index (χ1n) is 8.26. The zero-order chi connectivity index (χ0) is 18.6. The van der Waals surface area contributed by atoms with Crippen LogP contribution in [0.2, 0.25) is 5.02 Å². The first-order chi connectivity index (χ1) is 11.8. The number of benzene rings is 1. The maximum Gasteiger partial charge on any atom is 0.246 e. The Labute approximate surface area is 164 Å². The number of hydrogen-bond donors (Lipinski definition) is 2. The third-order valence-electron chi connectivity index (χ3n) is 4.08. The van der Waals surface area contributed by atoms with E-state index in [-0.39, 0.29) is 29.2 Å². The Morgan fingerprint density at radius 1 is 1.38 bits per heavy atom. The Bertz CT molecular complexity index is 741. The minimum atomic E-state index is -4.03. The molecule has 0 spiro atoms. The van der Waals surface area contributed by atoms with Gasteiger partial charge in [0.15, 0.2) is 0 Å². The number of nitrogens with zero attached hydrogens (tertiary/aromatic N) is 1. The average Bonchev–Trinajstić information content (AvgIpc) is 2.55. The number of piperidine rings is 1. The van der Waals surface area contributed by atoms with Crippen LogP contribution in [-0.4, -0.2) is 44.3 Å². The van der Waals surface area contributed by atoms with Gasteiger partial charge in [-0.1, -0.05) is 18.5 Å².